The summed E-state index contributed by atoms with van der Waals surface area (Å²) < 4.78 is 0. The van der Waals surface area contributed by atoms with Crippen LogP contribution in [0.15, 0.2) is 12.1 Å². The molecule has 0 spiro atoms. The van der Waals surface area contributed by atoms with E-state index in [1.165, 1.54) is 5.56 Å². The van der Waals surface area contributed by atoms with Crippen LogP contribution in [-0.2, 0) is 13.0 Å². The van der Waals surface area contributed by atoms with E-state index < -0.39 is 0 Å². The van der Waals surface area contributed by atoms with Gasteiger partial charge in [0.05, 0.1) is 18.2 Å². The fourth-order valence-electron chi connectivity index (χ4n) is 3.02. The first-order valence-corrected chi connectivity index (χ1v) is 6.54. The number of aliphatic hydroxyl groups is 1. The van der Waals surface area contributed by atoms with Gasteiger partial charge in [0.25, 0.3) is 5.91 Å². The van der Waals surface area contributed by atoms with Crippen molar-refractivity contribution in [2.45, 2.75) is 26.0 Å². The zero-order chi connectivity index (χ0) is 12.7. The predicted octanol–water partition coefficient (Wildman–Crippen LogP) is 0.841. The van der Waals surface area contributed by atoms with Crippen LogP contribution in [0, 0.1) is 0 Å². The van der Waals surface area contributed by atoms with E-state index in [0.29, 0.717) is 0 Å². The average Bonchev–Trinajstić information content (AvgIpc) is 2.72. The van der Waals surface area contributed by atoms with Crippen LogP contribution in [0.1, 0.15) is 40.0 Å². The summed E-state index contributed by atoms with van der Waals surface area (Å²) in [5.74, 6) is 0.0863. The Bertz CT molecular complexity index is 499. The van der Waals surface area contributed by atoms with Crippen molar-refractivity contribution in [1.82, 2.24) is 10.2 Å². The topological polar surface area (TPSA) is 52.6 Å². The van der Waals surface area contributed by atoms with Crippen LogP contribution in [0.3, 0.4) is 0 Å². The molecule has 2 heterocycles. The van der Waals surface area contributed by atoms with Crippen LogP contribution in [0.5, 0.6) is 0 Å². The second-order valence-corrected chi connectivity index (χ2v) is 4.95. The molecular weight excluding hydrogens is 228 g/mol. The normalized spacial score (nSPS) is 22.0. The number of benzene rings is 1. The van der Waals surface area contributed by atoms with Crippen LogP contribution in [0.2, 0.25) is 0 Å². The number of aliphatic hydroxyl groups excluding tert-OH is 1. The first kappa shape index (κ1) is 11.7. The summed E-state index contributed by atoms with van der Waals surface area (Å²) in [5, 5.41) is 12.8. The first-order valence-electron chi connectivity index (χ1n) is 6.54. The quantitative estimate of drug-likeness (QED) is 0.813. The Labute approximate surface area is 107 Å². The van der Waals surface area contributed by atoms with E-state index in [9.17, 15) is 9.90 Å². The van der Waals surface area contributed by atoms with Gasteiger partial charge in [0.15, 0.2) is 0 Å². The van der Waals surface area contributed by atoms with E-state index in [1.54, 1.807) is 0 Å². The molecule has 1 aromatic carbocycles. The molecular formula is C14H18N2O2. The number of nitrogens with one attached hydrogen (secondary N) is 1. The lowest BCUT2D eigenvalue weighted by Crippen LogP contribution is -2.44. The van der Waals surface area contributed by atoms with Gasteiger partial charge in [0.1, 0.15) is 0 Å². The largest absolute Gasteiger partial charge is 0.392 e. The van der Waals surface area contributed by atoms with E-state index >= 15 is 0 Å². The summed E-state index contributed by atoms with van der Waals surface area (Å²) in [4.78, 5) is 14.3. The molecule has 1 saturated heterocycles. The van der Waals surface area contributed by atoms with Gasteiger partial charge in [0.2, 0.25) is 0 Å². The molecule has 1 atom stereocenters. The summed E-state index contributed by atoms with van der Waals surface area (Å²) in [7, 11) is 0. The van der Waals surface area contributed by atoms with Gasteiger partial charge >= 0.3 is 0 Å². The van der Waals surface area contributed by atoms with Crippen molar-refractivity contribution in [1.29, 1.82) is 0 Å². The molecule has 0 bridgehead atoms. The Morgan fingerprint density at radius 3 is 3.06 bits per heavy atom. The molecule has 0 aliphatic carbocycles. The van der Waals surface area contributed by atoms with E-state index in [4.69, 9.17) is 0 Å². The van der Waals surface area contributed by atoms with Crippen molar-refractivity contribution in [2.24, 2.45) is 0 Å². The predicted molar refractivity (Wildman–Crippen MR) is 68.4 cm³/mol. The minimum absolute atomic E-state index is 0.0596. The lowest BCUT2D eigenvalue weighted by Gasteiger charge is -2.30. The van der Waals surface area contributed by atoms with Crippen molar-refractivity contribution >= 4 is 5.91 Å². The number of aryl methyl sites for hydroxylation is 1. The lowest BCUT2D eigenvalue weighted by molar-refractivity contribution is 0.0689. The molecule has 3 rings (SSSR count). The van der Waals surface area contributed by atoms with Crippen LogP contribution in [0.4, 0.5) is 0 Å². The minimum atomic E-state index is -0.0596. The molecule has 96 valence electrons. The minimum Gasteiger partial charge on any atom is -0.392 e. The van der Waals surface area contributed by atoms with Crippen molar-refractivity contribution in [2.75, 3.05) is 19.6 Å². The van der Waals surface area contributed by atoms with Gasteiger partial charge in [-0.2, -0.15) is 0 Å². The highest BCUT2D eigenvalue weighted by Crippen LogP contribution is 2.37. The van der Waals surface area contributed by atoms with Gasteiger partial charge in [-0.3, -0.25) is 4.79 Å². The van der Waals surface area contributed by atoms with Crippen LogP contribution in [-0.4, -0.2) is 35.5 Å². The molecule has 0 unspecified atom stereocenters. The van der Waals surface area contributed by atoms with Crippen molar-refractivity contribution < 1.29 is 9.90 Å². The molecule has 4 heteroatoms. The molecule has 1 amide bonds. The summed E-state index contributed by atoms with van der Waals surface area (Å²) in [6, 6.07) is 4.24. The number of nitrogens with zero attached hydrogens (tertiary/aromatic N) is 1. The van der Waals surface area contributed by atoms with Crippen LogP contribution >= 0.6 is 0 Å². The van der Waals surface area contributed by atoms with Gasteiger partial charge in [0, 0.05) is 19.6 Å². The van der Waals surface area contributed by atoms with E-state index in [-0.39, 0.29) is 18.6 Å². The summed E-state index contributed by atoms with van der Waals surface area (Å²) in [6.07, 6.45) is 0.925. The Morgan fingerprint density at radius 2 is 2.33 bits per heavy atom. The number of carbonyl (C=O) groups is 1. The number of hydrogen-bond donors (Lipinski definition) is 2. The molecule has 2 aliphatic rings. The number of carbonyl (C=O) groups excluding carboxylic acids is 1. The van der Waals surface area contributed by atoms with E-state index in [2.05, 4.69) is 18.3 Å². The summed E-state index contributed by atoms with van der Waals surface area (Å²) in [5.41, 5.74) is 3.81. The zero-order valence-corrected chi connectivity index (χ0v) is 10.6. The Morgan fingerprint density at radius 1 is 1.50 bits per heavy atom. The highest BCUT2D eigenvalue weighted by Gasteiger charge is 2.39. The molecule has 18 heavy (non-hydrogen) atoms. The molecule has 4 nitrogen and oxygen atoms in total. The molecule has 0 saturated carbocycles. The molecule has 0 aromatic heterocycles. The number of fused-ring (bicyclic) bond motifs is 3. The third-order valence-electron chi connectivity index (χ3n) is 3.97. The summed E-state index contributed by atoms with van der Waals surface area (Å²) >= 11 is 0. The number of rotatable bonds is 2. The lowest BCUT2D eigenvalue weighted by atomic mass is 9.95. The molecule has 2 N–H and O–H groups in total. The highest BCUT2D eigenvalue weighted by atomic mass is 16.3. The highest BCUT2D eigenvalue weighted by molar-refractivity contribution is 6.00. The van der Waals surface area contributed by atoms with Crippen molar-refractivity contribution in [3.8, 4) is 0 Å². The number of amides is 1. The SMILES string of the molecule is CCc1cc(CO)c2c(c1)[C@H]1CNCCN1C2=O. The third kappa shape index (κ3) is 1.56. The van der Waals surface area contributed by atoms with Crippen molar-refractivity contribution in [3.63, 3.8) is 0 Å². The van der Waals surface area contributed by atoms with Crippen molar-refractivity contribution in [3.05, 3.63) is 34.4 Å². The van der Waals surface area contributed by atoms with Gasteiger partial charge in [-0.15, -0.1) is 0 Å². The van der Waals surface area contributed by atoms with Gasteiger partial charge < -0.3 is 15.3 Å². The Balaban J connectivity index is 2.15. The molecule has 2 aliphatic heterocycles. The van der Waals surface area contributed by atoms with Gasteiger partial charge in [-0.05, 0) is 23.1 Å². The number of piperazine rings is 1. The maximum atomic E-state index is 12.4. The van der Waals surface area contributed by atoms with Crippen LogP contribution in [0.25, 0.3) is 0 Å². The van der Waals surface area contributed by atoms with E-state index in [1.807, 2.05) is 11.0 Å². The van der Waals surface area contributed by atoms with Gasteiger partial charge in [-0.1, -0.05) is 19.1 Å². The fraction of sp³-hybridized carbons (Fsp3) is 0.500. The number of hydrogen-bond acceptors (Lipinski definition) is 3. The standard InChI is InChI=1S/C14H18N2O2/c1-2-9-5-10(8-17)13-11(6-9)12-7-15-3-4-16(12)14(13)18/h5-6,12,15,17H,2-4,7-8H2,1H3/t12-/m1/s1. The van der Waals surface area contributed by atoms with Crippen LogP contribution < -0.4 is 5.32 Å². The molecule has 1 aromatic rings. The fourth-order valence-corrected chi connectivity index (χ4v) is 3.02. The smallest absolute Gasteiger partial charge is 0.255 e. The maximum Gasteiger partial charge on any atom is 0.255 e. The monoisotopic (exact) mass is 246 g/mol. The Hall–Kier alpha value is -1.39. The second kappa shape index (κ2) is 4.37. The third-order valence-corrected chi connectivity index (χ3v) is 3.97. The molecule has 1 fully saturated rings. The van der Waals surface area contributed by atoms with E-state index in [0.717, 1.165) is 42.7 Å². The van der Waals surface area contributed by atoms with Gasteiger partial charge in [-0.25, -0.2) is 0 Å². The molecule has 0 radical (unpaired) electrons. The Kier molecular flexibility index (Phi) is 2.84. The zero-order valence-electron chi connectivity index (χ0n) is 10.6. The average molecular weight is 246 g/mol. The summed E-state index contributed by atoms with van der Waals surface area (Å²) in [6.45, 7) is 4.46. The first-order chi connectivity index (χ1) is 8.76. The second-order valence-electron chi connectivity index (χ2n) is 4.95. The maximum absolute atomic E-state index is 12.4.